The summed E-state index contributed by atoms with van der Waals surface area (Å²) in [5.41, 5.74) is 1.43. The minimum atomic E-state index is -3.47. The predicted molar refractivity (Wildman–Crippen MR) is 105 cm³/mol. The first-order valence-corrected chi connectivity index (χ1v) is 12.1. The van der Waals surface area contributed by atoms with Crippen LogP contribution in [-0.4, -0.2) is 34.2 Å². The lowest BCUT2D eigenvalue weighted by Crippen LogP contribution is -2.35. The Morgan fingerprint density at radius 3 is 2.04 bits per heavy atom. The molecule has 1 fully saturated rings. The fraction of sp³-hybridized carbons (Fsp3) is 0.368. The van der Waals surface area contributed by atoms with Crippen molar-refractivity contribution in [1.29, 1.82) is 0 Å². The van der Waals surface area contributed by atoms with Crippen molar-refractivity contribution in [2.75, 3.05) is 13.1 Å². The van der Waals surface area contributed by atoms with E-state index in [9.17, 15) is 16.8 Å². The standard InChI is InChI=1S/C19H24N2O4S2/c22-26(23,16-18-7-3-1-4-8-18)20-15-17-9-11-19(12-10-17)27(24,25)21-13-5-2-6-14-21/h1,3-4,7-12,20H,2,5-6,13-16H2. The molecular weight excluding hydrogens is 384 g/mol. The summed E-state index contributed by atoms with van der Waals surface area (Å²) in [6.07, 6.45) is 2.84. The van der Waals surface area contributed by atoms with Gasteiger partial charge in [0.2, 0.25) is 20.0 Å². The van der Waals surface area contributed by atoms with E-state index in [1.807, 2.05) is 6.07 Å². The van der Waals surface area contributed by atoms with Crippen LogP contribution in [0.1, 0.15) is 30.4 Å². The third-order valence-corrected chi connectivity index (χ3v) is 7.78. The summed E-state index contributed by atoms with van der Waals surface area (Å²) >= 11 is 0. The maximum absolute atomic E-state index is 12.6. The molecule has 146 valence electrons. The predicted octanol–water partition coefficient (Wildman–Crippen LogP) is 2.48. The van der Waals surface area contributed by atoms with E-state index in [0.717, 1.165) is 19.3 Å². The van der Waals surface area contributed by atoms with Crippen LogP contribution in [0.5, 0.6) is 0 Å². The molecule has 1 aliphatic rings. The van der Waals surface area contributed by atoms with Crippen LogP contribution in [0.15, 0.2) is 59.5 Å². The molecule has 3 rings (SSSR count). The highest BCUT2D eigenvalue weighted by Crippen LogP contribution is 2.21. The number of nitrogens with zero attached hydrogens (tertiary/aromatic N) is 1. The highest BCUT2D eigenvalue weighted by molar-refractivity contribution is 7.89. The molecule has 8 heteroatoms. The molecule has 0 amide bonds. The molecule has 1 aliphatic heterocycles. The van der Waals surface area contributed by atoms with Gasteiger partial charge in [0.1, 0.15) is 0 Å². The Bertz CT molecular complexity index is 951. The van der Waals surface area contributed by atoms with E-state index < -0.39 is 20.0 Å². The lowest BCUT2D eigenvalue weighted by Gasteiger charge is -2.25. The van der Waals surface area contributed by atoms with Crippen molar-refractivity contribution in [3.8, 4) is 0 Å². The van der Waals surface area contributed by atoms with E-state index in [1.165, 1.54) is 4.31 Å². The van der Waals surface area contributed by atoms with E-state index in [2.05, 4.69) is 4.72 Å². The van der Waals surface area contributed by atoms with Crippen molar-refractivity contribution in [3.05, 3.63) is 65.7 Å². The molecule has 0 unspecified atom stereocenters. The third kappa shape index (κ3) is 5.38. The average Bonchev–Trinajstić information content (AvgIpc) is 2.68. The van der Waals surface area contributed by atoms with E-state index in [4.69, 9.17) is 0 Å². The highest BCUT2D eigenvalue weighted by atomic mass is 32.2. The van der Waals surface area contributed by atoms with Crippen LogP contribution in [-0.2, 0) is 32.3 Å². The summed E-state index contributed by atoms with van der Waals surface area (Å²) in [4.78, 5) is 0.250. The van der Waals surface area contributed by atoms with E-state index in [1.54, 1.807) is 48.5 Å². The van der Waals surface area contributed by atoms with Crippen molar-refractivity contribution >= 4 is 20.0 Å². The van der Waals surface area contributed by atoms with Gasteiger partial charge < -0.3 is 0 Å². The van der Waals surface area contributed by atoms with Crippen LogP contribution < -0.4 is 4.72 Å². The van der Waals surface area contributed by atoms with Crippen LogP contribution >= 0.6 is 0 Å². The zero-order chi connectivity index (χ0) is 19.3. The number of hydrogen-bond donors (Lipinski definition) is 1. The second kappa shape index (κ2) is 8.52. The summed E-state index contributed by atoms with van der Waals surface area (Å²) in [5.74, 6) is -0.0880. The second-order valence-corrected chi connectivity index (χ2v) is 10.4. The smallest absolute Gasteiger partial charge is 0.212 e. The van der Waals surface area contributed by atoms with E-state index in [0.29, 0.717) is 24.2 Å². The quantitative estimate of drug-likeness (QED) is 0.763. The van der Waals surface area contributed by atoms with Crippen molar-refractivity contribution in [3.63, 3.8) is 0 Å². The molecule has 1 N–H and O–H groups in total. The van der Waals surface area contributed by atoms with Gasteiger partial charge >= 0.3 is 0 Å². The van der Waals surface area contributed by atoms with Crippen LogP contribution in [0, 0.1) is 0 Å². The van der Waals surface area contributed by atoms with Crippen molar-refractivity contribution in [2.45, 2.75) is 36.5 Å². The van der Waals surface area contributed by atoms with Gasteiger partial charge in [-0.2, -0.15) is 4.31 Å². The van der Waals surface area contributed by atoms with Gasteiger partial charge in [-0.3, -0.25) is 0 Å². The van der Waals surface area contributed by atoms with Crippen molar-refractivity contribution in [1.82, 2.24) is 9.03 Å². The number of nitrogens with one attached hydrogen (secondary N) is 1. The van der Waals surface area contributed by atoms with Crippen LogP contribution in [0.3, 0.4) is 0 Å². The molecule has 0 radical (unpaired) electrons. The maximum atomic E-state index is 12.6. The minimum Gasteiger partial charge on any atom is -0.212 e. The third-order valence-electron chi connectivity index (χ3n) is 4.57. The molecule has 6 nitrogen and oxygen atoms in total. The van der Waals surface area contributed by atoms with Gasteiger partial charge in [0.05, 0.1) is 10.6 Å². The summed E-state index contributed by atoms with van der Waals surface area (Å²) < 4.78 is 53.7. The second-order valence-electron chi connectivity index (χ2n) is 6.67. The zero-order valence-electron chi connectivity index (χ0n) is 15.0. The Morgan fingerprint density at radius 2 is 1.41 bits per heavy atom. The molecule has 1 saturated heterocycles. The molecule has 27 heavy (non-hydrogen) atoms. The Morgan fingerprint density at radius 1 is 0.778 bits per heavy atom. The lowest BCUT2D eigenvalue weighted by atomic mass is 10.2. The van der Waals surface area contributed by atoms with Gasteiger partial charge in [0.25, 0.3) is 0 Å². The van der Waals surface area contributed by atoms with Gasteiger partial charge in [-0.15, -0.1) is 0 Å². The molecular formula is C19H24N2O4S2. The number of benzene rings is 2. The summed E-state index contributed by atoms with van der Waals surface area (Å²) in [6.45, 7) is 1.24. The SMILES string of the molecule is O=S(=O)(Cc1ccccc1)NCc1ccc(S(=O)(=O)N2CCCCC2)cc1. The molecule has 2 aromatic carbocycles. The molecule has 2 aromatic rings. The first-order valence-electron chi connectivity index (χ1n) is 8.97. The monoisotopic (exact) mass is 408 g/mol. The van der Waals surface area contributed by atoms with Gasteiger partial charge in [-0.25, -0.2) is 21.6 Å². The largest absolute Gasteiger partial charge is 0.243 e. The zero-order valence-corrected chi connectivity index (χ0v) is 16.7. The maximum Gasteiger partial charge on any atom is 0.243 e. The Balaban J connectivity index is 1.62. The molecule has 1 heterocycles. The van der Waals surface area contributed by atoms with Gasteiger partial charge in [-0.1, -0.05) is 48.9 Å². The number of hydrogen-bond acceptors (Lipinski definition) is 4. The first kappa shape index (κ1) is 20.0. The van der Waals surface area contributed by atoms with E-state index >= 15 is 0 Å². The van der Waals surface area contributed by atoms with Crippen LogP contribution in [0.2, 0.25) is 0 Å². The topological polar surface area (TPSA) is 83.5 Å². The van der Waals surface area contributed by atoms with Crippen molar-refractivity contribution < 1.29 is 16.8 Å². The van der Waals surface area contributed by atoms with Gasteiger partial charge in [0.15, 0.2) is 0 Å². The normalized spacial score (nSPS) is 16.3. The Labute approximate surface area is 161 Å². The summed E-state index contributed by atoms with van der Waals surface area (Å²) in [6, 6.07) is 15.4. The Kier molecular flexibility index (Phi) is 6.31. The molecule has 0 saturated carbocycles. The minimum absolute atomic E-state index is 0.0880. The number of sulfonamides is 2. The first-order chi connectivity index (χ1) is 12.9. The highest BCUT2D eigenvalue weighted by Gasteiger charge is 2.25. The fourth-order valence-corrected chi connectivity index (χ4v) is 5.71. The average molecular weight is 409 g/mol. The molecule has 0 bridgehead atoms. The van der Waals surface area contributed by atoms with Gasteiger partial charge in [0, 0.05) is 19.6 Å². The molecule has 0 aliphatic carbocycles. The number of rotatable bonds is 7. The number of piperidine rings is 1. The Hall–Kier alpha value is -1.74. The van der Waals surface area contributed by atoms with Crippen LogP contribution in [0.4, 0.5) is 0 Å². The molecule has 0 aromatic heterocycles. The fourth-order valence-electron chi connectivity index (χ4n) is 3.07. The summed E-state index contributed by atoms with van der Waals surface area (Å²) in [7, 11) is -6.93. The van der Waals surface area contributed by atoms with Crippen LogP contribution in [0.25, 0.3) is 0 Å². The summed E-state index contributed by atoms with van der Waals surface area (Å²) in [5, 5.41) is 0. The lowest BCUT2D eigenvalue weighted by molar-refractivity contribution is 0.346. The van der Waals surface area contributed by atoms with Gasteiger partial charge in [-0.05, 0) is 36.1 Å². The molecule has 0 atom stereocenters. The van der Waals surface area contributed by atoms with E-state index in [-0.39, 0.29) is 17.2 Å². The van der Waals surface area contributed by atoms with Crippen molar-refractivity contribution in [2.24, 2.45) is 0 Å². The molecule has 0 spiro atoms.